The van der Waals surface area contributed by atoms with Gasteiger partial charge in [-0.1, -0.05) is 36.3 Å². The van der Waals surface area contributed by atoms with Gasteiger partial charge in [-0.15, -0.1) is 0 Å². The Kier molecular flexibility index (Phi) is 5.89. The fraction of sp³-hybridized carbons (Fsp3) is 0.276. The van der Waals surface area contributed by atoms with E-state index in [-0.39, 0.29) is 24.0 Å². The van der Waals surface area contributed by atoms with Crippen molar-refractivity contribution >= 4 is 23.0 Å². The molecule has 0 bridgehead atoms. The summed E-state index contributed by atoms with van der Waals surface area (Å²) < 4.78 is 7.90. The summed E-state index contributed by atoms with van der Waals surface area (Å²) >= 11 is 0. The summed E-state index contributed by atoms with van der Waals surface area (Å²) in [4.78, 5) is 40.9. The third-order valence-electron chi connectivity index (χ3n) is 7.47. The standard InChI is InChI=1S/C29H26N6O3/c1-2-5-24(37)34-15-21-16-38-18-29(21,17-34)28-33-25(26-27(30)32-12-13-35(26)28)20-9-7-19(8-10-20)23(36)14-22-6-3-4-11-31-22/h3-4,6-13,21H,14-18H2,1H3,(H2,30,32)/t21?,29-/m1/s1. The van der Waals surface area contributed by atoms with E-state index in [0.29, 0.717) is 48.9 Å². The summed E-state index contributed by atoms with van der Waals surface area (Å²) in [5.41, 5.74) is 9.39. The van der Waals surface area contributed by atoms with Crippen LogP contribution in [0.4, 0.5) is 5.82 Å². The van der Waals surface area contributed by atoms with Gasteiger partial charge in [-0.2, -0.15) is 0 Å². The molecule has 1 unspecified atom stereocenters. The second-order valence-corrected chi connectivity index (χ2v) is 9.74. The van der Waals surface area contributed by atoms with Crippen LogP contribution in [0.5, 0.6) is 0 Å². The fourth-order valence-electron chi connectivity index (χ4n) is 5.59. The van der Waals surface area contributed by atoms with Crippen LogP contribution in [0.2, 0.25) is 0 Å². The number of likely N-dealkylation sites (tertiary alicyclic amines) is 1. The number of ketones is 1. The summed E-state index contributed by atoms with van der Waals surface area (Å²) in [5, 5.41) is 0. The van der Waals surface area contributed by atoms with Crippen LogP contribution in [-0.2, 0) is 21.4 Å². The lowest BCUT2D eigenvalue weighted by atomic mass is 9.80. The number of carbonyl (C=O) groups excluding carboxylic acids is 2. The number of hydrogen-bond acceptors (Lipinski definition) is 7. The Labute approximate surface area is 219 Å². The molecule has 0 spiro atoms. The van der Waals surface area contributed by atoms with Gasteiger partial charge in [0.15, 0.2) is 5.78 Å². The minimum atomic E-state index is -0.487. The highest BCUT2D eigenvalue weighted by atomic mass is 16.5. The van der Waals surface area contributed by atoms with E-state index < -0.39 is 5.41 Å². The van der Waals surface area contributed by atoms with Crippen LogP contribution < -0.4 is 5.73 Å². The Morgan fingerprint density at radius 1 is 1.16 bits per heavy atom. The lowest BCUT2D eigenvalue weighted by Gasteiger charge is -2.25. The number of ether oxygens (including phenoxy) is 1. The Morgan fingerprint density at radius 3 is 2.76 bits per heavy atom. The molecule has 0 aliphatic carbocycles. The van der Waals surface area contributed by atoms with Gasteiger partial charge in [0.2, 0.25) is 0 Å². The molecule has 0 saturated carbocycles. The molecule has 38 heavy (non-hydrogen) atoms. The van der Waals surface area contributed by atoms with Crippen LogP contribution in [0.25, 0.3) is 16.8 Å². The zero-order chi connectivity index (χ0) is 26.3. The predicted octanol–water partition coefficient (Wildman–Crippen LogP) is 2.55. The number of fused-ring (bicyclic) bond motifs is 2. The normalized spacial score (nSPS) is 20.2. The summed E-state index contributed by atoms with van der Waals surface area (Å²) in [6, 6.07) is 12.9. The number of carbonyl (C=O) groups is 2. The highest BCUT2D eigenvalue weighted by Gasteiger charge is 2.55. The van der Waals surface area contributed by atoms with Gasteiger partial charge < -0.3 is 15.4 Å². The molecule has 3 aromatic heterocycles. The Balaban J connectivity index is 1.38. The van der Waals surface area contributed by atoms with E-state index in [2.05, 4.69) is 21.8 Å². The molecule has 2 aliphatic rings. The first-order chi connectivity index (χ1) is 18.5. The smallest absolute Gasteiger partial charge is 0.298 e. The van der Waals surface area contributed by atoms with Gasteiger partial charge in [-0.3, -0.25) is 19.0 Å². The number of aromatic nitrogens is 4. The summed E-state index contributed by atoms with van der Waals surface area (Å²) in [5.74, 6) is 6.39. The number of pyridine rings is 1. The molecule has 1 amide bonds. The number of rotatable bonds is 5. The molecule has 190 valence electrons. The topological polar surface area (TPSA) is 116 Å². The van der Waals surface area contributed by atoms with E-state index in [1.54, 1.807) is 36.4 Å². The van der Waals surface area contributed by atoms with Crippen LogP contribution >= 0.6 is 0 Å². The molecule has 1 aromatic carbocycles. The number of Topliss-reactive ketones (excluding diaryl/α,β-unsaturated/α-hetero) is 1. The molecule has 2 atom stereocenters. The maximum atomic E-state index is 12.8. The summed E-state index contributed by atoms with van der Waals surface area (Å²) in [6.45, 7) is 3.68. The third-order valence-corrected chi connectivity index (χ3v) is 7.47. The lowest BCUT2D eigenvalue weighted by Crippen LogP contribution is -2.38. The molecule has 6 rings (SSSR count). The molecule has 9 nitrogen and oxygen atoms in total. The average Bonchev–Trinajstić information content (AvgIpc) is 3.61. The van der Waals surface area contributed by atoms with Gasteiger partial charge in [0.1, 0.15) is 22.9 Å². The van der Waals surface area contributed by atoms with E-state index in [9.17, 15) is 9.59 Å². The SMILES string of the molecule is CC#CC(=O)N1CC2COC[C@]2(c2nc(-c3ccc(C(=O)Cc4ccccn4)cc3)c3c(N)nccn23)C1. The molecule has 2 N–H and O–H groups in total. The number of nitrogens with two attached hydrogens (primary N) is 1. The zero-order valence-electron chi connectivity index (χ0n) is 20.9. The molecular formula is C29H26N6O3. The van der Waals surface area contributed by atoms with Gasteiger partial charge in [-0.25, -0.2) is 9.97 Å². The van der Waals surface area contributed by atoms with Crippen LogP contribution in [-0.4, -0.2) is 62.2 Å². The number of hydrogen-bond donors (Lipinski definition) is 1. The highest BCUT2D eigenvalue weighted by Crippen LogP contribution is 2.45. The quantitative estimate of drug-likeness (QED) is 0.327. The van der Waals surface area contributed by atoms with Crippen molar-refractivity contribution in [2.75, 3.05) is 32.0 Å². The molecule has 0 radical (unpaired) electrons. The first-order valence-electron chi connectivity index (χ1n) is 12.5. The second-order valence-electron chi connectivity index (χ2n) is 9.74. The lowest BCUT2D eigenvalue weighted by molar-refractivity contribution is -0.124. The zero-order valence-corrected chi connectivity index (χ0v) is 20.9. The molecule has 2 aliphatic heterocycles. The van der Waals surface area contributed by atoms with Crippen molar-refractivity contribution in [2.45, 2.75) is 18.8 Å². The van der Waals surface area contributed by atoms with E-state index in [4.69, 9.17) is 15.5 Å². The van der Waals surface area contributed by atoms with Gasteiger partial charge in [0, 0.05) is 54.4 Å². The van der Waals surface area contributed by atoms with Crippen molar-refractivity contribution in [1.29, 1.82) is 0 Å². The highest BCUT2D eigenvalue weighted by molar-refractivity contribution is 5.98. The van der Waals surface area contributed by atoms with Crippen molar-refractivity contribution in [2.24, 2.45) is 5.92 Å². The monoisotopic (exact) mass is 506 g/mol. The van der Waals surface area contributed by atoms with Crippen molar-refractivity contribution in [3.05, 3.63) is 78.1 Å². The van der Waals surface area contributed by atoms with Gasteiger partial charge in [0.05, 0.1) is 25.0 Å². The predicted molar refractivity (Wildman–Crippen MR) is 141 cm³/mol. The molecule has 5 heterocycles. The average molecular weight is 507 g/mol. The Morgan fingerprint density at radius 2 is 2.00 bits per heavy atom. The molecule has 2 fully saturated rings. The van der Waals surface area contributed by atoms with Crippen molar-refractivity contribution in [3.8, 4) is 23.1 Å². The van der Waals surface area contributed by atoms with E-state index in [0.717, 1.165) is 17.1 Å². The second kappa shape index (κ2) is 9.39. The number of benzene rings is 1. The first-order valence-corrected chi connectivity index (χ1v) is 12.5. The number of imidazole rings is 1. The summed E-state index contributed by atoms with van der Waals surface area (Å²) in [7, 11) is 0. The van der Waals surface area contributed by atoms with Crippen LogP contribution in [0.3, 0.4) is 0 Å². The van der Waals surface area contributed by atoms with Crippen molar-refractivity contribution in [3.63, 3.8) is 0 Å². The number of amides is 1. The number of nitrogen functional groups attached to an aromatic ring is 1. The van der Waals surface area contributed by atoms with Crippen molar-refractivity contribution < 1.29 is 14.3 Å². The summed E-state index contributed by atoms with van der Waals surface area (Å²) in [6.07, 6.45) is 5.42. The first kappa shape index (κ1) is 23.8. The number of nitrogens with zero attached hydrogens (tertiary/aromatic N) is 5. The minimum Gasteiger partial charge on any atom is -0.382 e. The van der Waals surface area contributed by atoms with Gasteiger partial charge >= 0.3 is 0 Å². The maximum Gasteiger partial charge on any atom is 0.298 e. The Bertz CT molecular complexity index is 1600. The molecule has 2 saturated heterocycles. The third kappa shape index (κ3) is 3.90. The molecular weight excluding hydrogens is 480 g/mol. The molecule has 9 heteroatoms. The minimum absolute atomic E-state index is 0.0115. The molecule has 4 aromatic rings. The van der Waals surface area contributed by atoms with E-state index in [1.807, 2.05) is 40.9 Å². The maximum absolute atomic E-state index is 12.8. The van der Waals surface area contributed by atoms with Crippen LogP contribution in [0.15, 0.2) is 61.1 Å². The fourth-order valence-corrected chi connectivity index (χ4v) is 5.59. The van der Waals surface area contributed by atoms with Crippen LogP contribution in [0.1, 0.15) is 28.8 Å². The largest absolute Gasteiger partial charge is 0.382 e. The van der Waals surface area contributed by atoms with Gasteiger partial charge in [0.25, 0.3) is 5.91 Å². The van der Waals surface area contributed by atoms with Gasteiger partial charge in [-0.05, 0) is 25.0 Å². The van der Waals surface area contributed by atoms with Crippen LogP contribution in [0, 0.1) is 17.8 Å². The van der Waals surface area contributed by atoms with Crippen molar-refractivity contribution in [1.82, 2.24) is 24.3 Å². The number of anilines is 1. The Hall–Kier alpha value is -4.55. The van der Waals surface area contributed by atoms with E-state index in [1.165, 1.54) is 0 Å². The van der Waals surface area contributed by atoms with E-state index >= 15 is 0 Å².